The number of sulfonamides is 1. The number of nitrogens with zero attached hydrogens (tertiary/aromatic N) is 6. The van der Waals surface area contributed by atoms with Gasteiger partial charge >= 0.3 is 0 Å². The number of fused-ring (bicyclic) bond motifs is 1. The van der Waals surface area contributed by atoms with Crippen molar-refractivity contribution in [3.63, 3.8) is 0 Å². The summed E-state index contributed by atoms with van der Waals surface area (Å²) >= 11 is 5.44. The van der Waals surface area contributed by atoms with E-state index in [0.717, 1.165) is 11.4 Å². The molecule has 0 spiro atoms. The van der Waals surface area contributed by atoms with Gasteiger partial charge in [-0.1, -0.05) is 0 Å². The molecule has 3 aromatic rings. The van der Waals surface area contributed by atoms with Gasteiger partial charge in [0.2, 0.25) is 14.8 Å². The number of hydrogen-bond acceptors (Lipinski definition) is 6. The number of carbonyl (C=O) groups is 1. The van der Waals surface area contributed by atoms with Gasteiger partial charge in [0.25, 0.3) is 11.7 Å². The predicted octanol–water partition coefficient (Wildman–Crippen LogP) is -1.14. The first kappa shape index (κ1) is 21.6. The van der Waals surface area contributed by atoms with Gasteiger partial charge in [-0.15, -0.1) is 0 Å². The highest BCUT2D eigenvalue weighted by molar-refractivity contribution is 7.89. The second-order valence-electron chi connectivity index (χ2n) is 7.79. The number of nitrogens with one attached hydrogen (secondary N) is 1. The van der Waals surface area contributed by atoms with Gasteiger partial charge in [0.15, 0.2) is 6.67 Å². The van der Waals surface area contributed by atoms with Crippen LogP contribution in [-0.2, 0) is 23.7 Å². The van der Waals surface area contributed by atoms with Crippen molar-refractivity contribution in [2.24, 2.45) is 12.8 Å². The minimum absolute atomic E-state index is 0.0772. The van der Waals surface area contributed by atoms with Crippen LogP contribution < -0.4 is 10.6 Å². The average molecular weight is 466 g/mol. The quantitative estimate of drug-likeness (QED) is 0.459. The summed E-state index contributed by atoms with van der Waals surface area (Å²) in [6.45, 7) is 6.41. The zero-order chi connectivity index (χ0) is 22.5. The van der Waals surface area contributed by atoms with Crippen molar-refractivity contribution in [3.05, 3.63) is 40.2 Å². The van der Waals surface area contributed by atoms with Crippen molar-refractivity contribution in [1.82, 2.24) is 28.0 Å². The molecule has 11 nitrogen and oxygen atoms in total. The summed E-state index contributed by atoms with van der Waals surface area (Å²) in [5.41, 5.74) is 7.33. The predicted molar refractivity (Wildman–Crippen MR) is 115 cm³/mol. The molecule has 0 aliphatic carbocycles. The largest absolute Gasteiger partial charge is 0.364 e. The molecule has 31 heavy (non-hydrogen) atoms. The van der Waals surface area contributed by atoms with E-state index < -0.39 is 15.9 Å². The maximum Gasteiger partial charge on any atom is 0.265 e. The van der Waals surface area contributed by atoms with Crippen LogP contribution >= 0.6 is 12.2 Å². The van der Waals surface area contributed by atoms with Crippen molar-refractivity contribution < 1.29 is 18.1 Å². The van der Waals surface area contributed by atoms with E-state index in [9.17, 15) is 13.2 Å². The number of rotatable bonds is 5. The Balaban J connectivity index is 1.50. The Morgan fingerprint density at radius 1 is 1.23 bits per heavy atom. The summed E-state index contributed by atoms with van der Waals surface area (Å²) in [6, 6.07) is 3.30. The first-order chi connectivity index (χ1) is 14.6. The Kier molecular flexibility index (Phi) is 5.45. The van der Waals surface area contributed by atoms with Crippen LogP contribution in [0.5, 0.6) is 0 Å². The number of hydrogen-bond donors (Lipinski definition) is 2. The van der Waals surface area contributed by atoms with Crippen LogP contribution in [0.15, 0.2) is 23.2 Å². The lowest BCUT2D eigenvalue weighted by Gasteiger charge is -2.31. The first-order valence-corrected chi connectivity index (χ1v) is 11.7. The zero-order valence-electron chi connectivity index (χ0n) is 17.6. The maximum absolute atomic E-state index is 13.0. The molecule has 3 N–H and O–H groups in total. The molecule has 4 rings (SSSR count). The molecule has 13 heteroatoms. The monoisotopic (exact) mass is 465 g/mol. The van der Waals surface area contributed by atoms with Crippen molar-refractivity contribution in [3.8, 4) is 0 Å². The Labute approximate surface area is 184 Å². The minimum Gasteiger partial charge on any atom is -0.364 e. The summed E-state index contributed by atoms with van der Waals surface area (Å²) in [5.74, 6) is -0.0968. The first-order valence-electron chi connectivity index (χ1n) is 9.81. The van der Waals surface area contributed by atoms with Crippen LogP contribution in [-0.4, -0.2) is 68.5 Å². The molecule has 0 radical (unpaired) electrons. The lowest BCUT2D eigenvalue weighted by Crippen LogP contribution is -3.14. The normalized spacial score (nSPS) is 16.2. The van der Waals surface area contributed by atoms with Crippen LogP contribution in [0.25, 0.3) is 5.78 Å². The van der Waals surface area contributed by atoms with E-state index in [4.69, 9.17) is 18.0 Å². The summed E-state index contributed by atoms with van der Waals surface area (Å²) < 4.78 is 33.2. The van der Waals surface area contributed by atoms with E-state index in [1.54, 1.807) is 7.05 Å². The molecule has 0 aromatic carbocycles. The van der Waals surface area contributed by atoms with Gasteiger partial charge in [-0.3, -0.25) is 4.79 Å². The molecule has 1 fully saturated rings. The highest BCUT2D eigenvalue weighted by Gasteiger charge is 2.32. The van der Waals surface area contributed by atoms with Gasteiger partial charge in [0.1, 0.15) is 10.6 Å². The molecule has 1 aliphatic rings. The molecule has 4 heterocycles. The second kappa shape index (κ2) is 7.82. The number of piperazine rings is 1. The third-order valence-corrected chi connectivity index (χ3v) is 7.71. The number of aromatic nitrogens is 5. The Hall–Kier alpha value is -2.61. The molecule has 166 valence electrons. The van der Waals surface area contributed by atoms with Gasteiger partial charge in [-0.25, -0.2) is 22.6 Å². The second-order valence-corrected chi connectivity index (χ2v) is 10.1. The van der Waals surface area contributed by atoms with Crippen molar-refractivity contribution >= 4 is 33.9 Å². The van der Waals surface area contributed by atoms with Crippen LogP contribution in [0.2, 0.25) is 0 Å². The van der Waals surface area contributed by atoms with E-state index in [-0.39, 0.29) is 10.6 Å². The number of aryl methyl sites for hydroxylation is 3. The summed E-state index contributed by atoms with van der Waals surface area (Å²) in [6.07, 6.45) is 1.42. The van der Waals surface area contributed by atoms with Crippen LogP contribution in [0, 0.1) is 18.6 Å². The third-order valence-electron chi connectivity index (χ3n) is 5.55. The highest BCUT2D eigenvalue weighted by Crippen LogP contribution is 2.18. The SMILES string of the molecule is Cc1cc(C)n2c(n1)nc(=S)n2C[NH+]1CCN(S(=O)(=O)c2cc(C(N)=O)n(C)c2)CC1. The molecule has 0 unspecified atom stereocenters. The Morgan fingerprint density at radius 2 is 1.90 bits per heavy atom. The fourth-order valence-electron chi connectivity index (χ4n) is 3.98. The Morgan fingerprint density at radius 3 is 2.52 bits per heavy atom. The summed E-state index contributed by atoms with van der Waals surface area (Å²) in [4.78, 5) is 21.6. The molecule has 3 aromatic heterocycles. The molecule has 0 atom stereocenters. The molecule has 0 saturated carbocycles. The molecule has 1 amide bonds. The lowest BCUT2D eigenvalue weighted by atomic mass is 10.4. The molecule has 0 bridgehead atoms. The molecule has 1 aliphatic heterocycles. The van der Waals surface area contributed by atoms with Crippen molar-refractivity contribution in [2.45, 2.75) is 25.4 Å². The standard InChI is InChI=1S/C18H24N8O3S2/c1-12-8-13(2)26-17(20-12)21-18(30)25(26)11-23-4-6-24(7-5-23)31(28,29)14-9-15(16(19)27)22(3)10-14/h8-10H,4-7,11H2,1-3H3,(H2,19,27)/p+1. The average Bonchev–Trinajstić information content (AvgIpc) is 3.23. The van der Waals surface area contributed by atoms with Crippen LogP contribution in [0.4, 0.5) is 0 Å². The summed E-state index contributed by atoms with van der Waals surface area (Å²) in [5, 5.41) is 0. The summed E-state index contributed by atoms with van der Waals surface area (Å²) in [7, 11) is -2.10. The lowest BCUT2D eigenvalue weighted by molar-refractivity contribution is -0.927. The third kappa shape index (κ3) is 3.89. The van der Waals surface area contributed by atoms with E-state index >= 15 is 0 Å². The van der Waals surface area contributed by atoms with Crippen LogP contribution in [0.1, 0.15) is 21.9 Å². The molecular weight excluding hydrogens is 440 g/mol. The topological polar surface area (TPSA) is 125 Å². The molecule has 1 saturated heterocycles. The zero-order valence-corrected chi connectivity index (χ0v) is 19.2. The van der Waals surface area contributed by atoms with Crippen molar-refractivity contribution in [2.75, 3.05) is 26.2 Å². The minimum atomic E-state index is -3.70. The van der Waals surface area contributed by atoms with E-state index in [2.05, 4.69) is 9.97 Å². The van der Waals surface area contributed by atoms with Gasteiger partial charge in [-0.2, -0.15) is 9.29 Å². The smallest absolute Gasteiger partial charge is 0.265 e. The van der Waals surface area contributed by atoms with E-state index in [1.165, 1.54) is 26.0 Å². The maximum atomic E-state index is 13.0. The van der Waals surface area contributed by atoms with Gasteiger partial charge < -0.3 is 15.2 Å². The van der Waals surface area contributed by atoms with Gasteiger partial charge in [-0.05, 0) is 38.2 Å². The van der Waals surface area contributed by atoms with E-state index in [0.29, 0.717) is 43.4 Å². The fourth-order valence-corrected chi connectivity index (χ4v) is 5.72. The van der Waals surface area contributed by atoms with Crippen LogP contribution in [0.3, 0.4) is 0 Å². The number of carbonyl (C=O) groups excluding carboxylic acids is 1. The number of quaternary nitrogens is 1. The Bertz CT molecular complexity index is 1330. The highest BCUT2D eigenvalue weighted by atomic mass is 32.2. The number of amides is 1. The van der Waals surface area contributed by atoms with Gasteiger partial charge in [0, 0.05) is 24.6 Å². The molecular formula is C18H25N8O3S2+. The van der Waals surface area contributed by atoms with E-state index in [1.807, 2.05) is 29.1 Å². The number of primary amides is 1. The fraction of sp³-hybridized carbons (Fsp3) is 0.444. The van der Waals surface area contributed by atoms with Gasteiger partial charge in [0.05, 0.1) is 26.2 Å². The number of nitrogens with two attached hydrogens (primary N) is 1. The van der Waals surface area contributed by atoms with Crippen molar-refractivity contribution in [1.29, 1.82) is 0 Å².